The molecule has 3 aromatic carbocycles. The van der Waals surface area contributed by atoms with E-state index in [4.69, 9.17) is 9.47 Å². The zero-order valence-electron chi connectivity index (χ0n) is 19.7. The Kier molecular flexibility index (Phi) is 6.70. The summed E-state index contributed by atoms with van der Waals surface area (Å²) in [6, 6.07) is 21.6. The molecule has 0 unspecified atom stereocenters. The van der Waals surface area contributed by atoms with Crippen molar-refractivity contribution in [2.45, 2.75) is 31.8 Å². The molecule has 0 aromatic heterocycles. The highest BCUT2D eigenvalue weighted by molar-refractivity contribution is 6.10. The molecule has 6 heteroatoms. The van der Waals surface area contributed by atoms with Crippen LogP contribution in [0.25, 0.3) is 0 Å². The number of amides is 1. The maximum atomic E-state index is 13.4. The average Bonchev–Trinajstić information content (AvgIpc) is 3.06. The van der Waals surface area contributed by atoms with Gasteiger partial charge in [-0.2, -0.15) is 0 Å². The standard InChI is InChI=1S/C28H29NO5/c1-19(2)20-12-14-21(15-13-20)24(30)18-28(32)22-8-4-5-9-23(22)29(27(28)31)16-17-34-26-11-7-6-10-25(26)33-3/h4-15,19,32H,16-18H2,1-3H3/t28-/m1/s1. The highest BCUT2D eigenvalue weighted by Gasteiger charge is 2.50. The molecular formula is C28H29NO5. The molecule has 1 atom stereocenters. The van der Waals surface area contributed by atoms with E-state index in [0.717, 1.165) is 5.56 Å². The summed E-state index contributed by atoms with van der Waals surface area (Å²) in [7, 11) is 1.57. The van der Waals surface area contributed by atoms with Gasteiger partial charge in [0.05, 0.1) is 25.8 Å². The number of benzene rings is 3. The summed E-state index contributed by atoms with van der Waals surface area (Å²) in [4.78, 5) is 27.9. The molecule has 1 amide bonds. The molecule has 0 fully saturated rings. The number of ketones is 1. The number of hydrogen-bond acceptors (Lipinski definition) is 5. The lowest BCUT2D eigenvalue weighted by Gasteiger charge is -2.23. The summed E-state index contributed by atoms with van der Waals surface area (Å²) >= 11 is 0. The van der Waals surface area contributed by atoms with Crippen LogP contribution < -0.4 is 14.4 Å². The van der Waals surface area contributed by atoms with Crippen molar-refractivity contribution >= 4 is 17.4 Å². The van der Waals surface area contributed by atoms with Crippen LogP contribution in [0.4, 0.5) is 5.69 Å². The van der Waals surface area contributed by atoms with Crippen LogP contribution in [0.1, 0.15) is 47.7 Å². The molecule has 6 nitrogen and oxygen atoms in total. The Morgan fingerprint density at radius 1 is 0.971 bits per heavy atom. The predicted molar refractivity (Wildman–Crippen MR) is 131 cm³/mol. The van der Waals surface area contributed by atoms with Crippen molar-refractivity contribution in [3.63, 3.8) is 0 Å². The number of hydrogen-bond donors (Lipinski definition) is 1. The van der Waals surface area contributed by atoms with Crippen molar-refractivity contribution in [2.75, 3.05) is 25.2 Å². The monoisotopic (exact) mass is 459 g/mol. The van der Waals surface area contributed by atoms with Crippen molar-refractivity contribution in [3.8, 4) is 11.5 Å². The lowest BCUT2D eigenvalue weighted by molar-refractivity contribution is -0.135. The summed E-state index contributed by atoms with van der Waals surface area (Å²) in [6.45, 7) is 4.58. The van der Waals surface area contributed by atoms with Crippen molar-refractivity contribution in [1.82, 2.24) is 0 Å². The van der Waals surface area contributed by atoms with E-state index in [1.807, 2.05) is 24.3 Å². The van der Waals surface area contributed by atoms with Gasteiger partial charge in [-0.1, -0.05) is 68.4 Å². The zero-order chi connectivity index (χ0) is 24.3. The molecule has 1 heterocycles. The smallest absolute Gasteiger partial charge is 0.264 e. The molecule has 34 heavy (non-hydrogen) atoms. The lowest BCUT2D eigenvalue weighted by atomic mass is 9.87. The van der Waals surface area contributed by atoms with E-state index < -0.39 is 11.5 Å². The minimum atomic E-state index is -1.92. The molecule has 0 aliphatic carbocycles. The van der Waals surface area contributed by atoms with Crippen molar-refractivity contribution in [1.29, 1.82) is 0 Å². The van der Waals surface area contributed by atoms with E-state index in [2.05, 4.69) is 13.8 Å². The van der Waals surface area contributed by atoms with Crippen LogP contribution in [-0.4, -0.2) is 37.1 Å². The van der Waals surface area contributed by atoms with Gasteiger partial charge in [-0.05, 0) is 29.7 Å². The largest absolute Gasteiger partial charge is 0.493 e. The van der Waals surface area contributed by atoms with Crippen LogP contribution in [0.2, 0.25) is 0 Å². The minimum absolute atomic E-state index is 0.196. The third-order valence-electron chi connectivity index (χ3n) is 6.20. The fourth-order valence-corrected chi connectivity index (χ4v) is 4.27. The topological polar surface area (TPSA) is 76.1 Å². The molecule has 1 aliphatic rings. The predicted octanol–water partition coefficient (Wildman–Crippen LogP) is 4.70. The molecule has 176 valence electrons. The highest BCUT2D eigenvalue weighted by Crippen LogP contribution is 2.42. The summed E-state index contributed by atoms with van der Waals surface area (Å²) in [6.07, 6.45) is -0.326. The van der Waals surface area contributed by atoms with Crippen LogP contribution in [-0.2, 0) is 10.4 Å². The Balaban J connectivity index is 1.52. The number of carbonyl (C=O) groups is 2. The number of carbonyl (C=O) groups excluding carboxylic acids is 2. The molecule has 1 aliphatic heterocycles. The first-order valence-corrected chi connectivity index (χ1v) is 11.4. The third kappa shape index (κ3) is 4.41. The summed E-state index contributed by atoms with van der Waals surface area (Å²) in [5.41, 5.74) is 0.695. The molecule has 3 aromatic rings. The van der Waals surface area contributed by atoms with Crippen LogP contribution in [0.5, 0.6) is 11.5 Å². The van der Waals surface area contributed by atoms with E-state index in [1.54, 1.807) is 55.6 Å². The van der Waals surface area contributed by atoms with Crippen molar-refractivity contribution in [2.24, 2.45) is 0 Å². The summed E-state index contributed by atoms with van der Waals surface area (Å²) < 4.78 is 11.1. The van der Waals surface area contributed by atoms with E-state index >= 15 is 0 Å². The van der Waals surface area contributed by atoms with Crippen LogP contribution in [0, 0.1) is 0 Å². The Morgan fingerprint density at radius 3 is 2.29 bits per heavy atom. The lowest BCUT2D eigenvalue weighted by Crippen LogP contribution is -2.43. The molecule has 0 bridgehead atoms. The second-order valence-electron chi connectivity index (χ2n) is 8.71. The molecule has 0 spiro atoms. The molecule has 4 rings (SSSR count). The number of para-hydroxylation sites is 3. The van der Waals surface area contributed by atoms with Crippen molar-refractivity contribution in [3.05, 3.63) is 89.5 Å². The van der Waals surface area contributed by atoms with Crippen molar-refractivity contribution < 1.29 is 24.2 Å². The molecule has 1 N–H and O–H groups in total. The van der Waals surface area contributed by atoms with E-state index in [9.17, 15) is 14.7 Å². The van der Waals surface area contributed by atoms with Crippen LogP contribution in [0.15, 0.2) is 72.8 Å². The fourth-order valence-electron chi connectivity index (χ4n) is 4.27. The maximum Gasteiger partial charge on any atom is 0.264 e. The number of methoxy groups -OCH3 is 1. The first-order chi connectivity index (χ1) is 16.3. The Hall–Kier alpha value is -3.64. The molecule has 0 radical (unpaired) electrons. The molecule has 0 saturated heterocycles. The van der Waals surface area contributed by atoms with E-state index in [-0.39, 0.29) is 25.4 Å². The van der Waals surface area contributed by atoms with Gasteiger partial charge in [-0.25, -0.2) is 0 Å². The van der Waals surface area contributed by atoms with Gasteiger partial charge < -0.3 is 19.5 Å². The number of rotatable bonds is 9. The number of Topliss-reactive ketones (excluding diaryl/α,β-unsaturated/α-hetero) is 1. The second kappa shape index (κ2) is 9.69. The first-order valence-electron chi connectivity index (χ1n) is 11.4. The molecule has 0 saturated carbocycles. The zero-order valence-corrected chi connectivity index (χ0v) is 19.7. The van der Waals surface area contributed by atoms with Gasteiger partial charge in [0.15, 0.2) is 22.9 Å². The van der Waals surface area contributed by atoms with Gasteiger partial charge in [0.25, 0.3) is 5.91 Å². The Bertz CT molecular complexity index is 1190. The normalized spacial score (nSPS) is 17.1. The van der Waals surface area contributed by atoms with Gasteiger partial charge in [0.2, 0.25) is 0 Å². The van der Waals surface area contributed by atoms with Crippen LogP contribution >= 0.6 is 0 Å². The van der Waals surface area contributed by atoms with Gasteiger partial charge >= 0.3 is 0 Å². The number of anilines is 1. The van der Waals surface area contributed by atoms with Gasteiger partial charge in [0, 0.05) is 11.1 Å². The minimum Gasteiger partial charge on any atom is -0.493 e. The van der Waals surface area contributed by atoms with Gasteiger partial charge in [-0.15, -0.1) is 0 Å². The number of fused-ring (bicyclic) bond motifs is 1. The maximum absolute atomic E-state index is 13.4. The first kappa shape index (κ1) is 23.5. The quantitative estimate of drug-likeness (QED) is 0.469. The highest BCUT2D eigenvalue weighted by atomic mass is 16.5. The summed E-state index contributed by atoms with van der Waals surface area (Å²) in [5, 5.41) is 11.5. The molecular weight excluding hydrogens is 430 g/mol. The average molecular weight is 460 g/mol. The third-order valence-corrected chi connectivity index (χ3v) is 6.20. The number of aliphatic hydroxyl groups is 1. The number of ether oxygens (including phenoxy) is 2. The Labute approximate surface area is 199 Å². The van der Waals surface area contributed by atoms with E-state index in [1.165, 1.54) is 4.90 Å². The van der Waals surface area contributed by atoms with E-state index in [0.29, 0.717) is 34.2 Å². The Morgan fingerprint density at radius 2 is 1.62 bits per heavy atom. The SMILES string of the molecule is COc1ccccc1OCCN1C(=O)[C@@](O)(CC(=O)c2ccc(C(C)C)cc2)c2ccccc21. The second-order valence-corrected chi connectivity index (χ2v) is 8.71. The van der Waals surface area contributed by atoms with Gasteiger partial charge in [-0.3, -0.25) is 9.59 Å². The van der Waals surface area contributed by atoms with Crippen LogP contribution in [0.3, 0.4) is 0 Å². The summed E-state index contributed by atoms with van der Waals surface area (Å²) in [5.74, 6) is 0.710. The fraction of sp³-hybridized carbons (Fsp3) is 0.286. The number of nitrogens with zero attached hydrogens (tertiary/aromatic N) is 1. The van der Waals surface area contributed by atoms with Gasteiger partial charge in [0.1, 0.15) is 6.61 Å².